The standard InChI is InChI=1S/C17H15BrN2O/c1-13-7-9-15(10-8-13)17(21)20-19-12-16(18)11-14-5-3-2-4-6-14/h2-12H,1H3,(H,20,21)/b16-11+,19-12+. The number of rotatable bonds is 4. The van der Waals surface area contributed by atoms with E-state index in [0.29, 0.717) is 5.56 Å². The van der Waals surface area contributed by atoms with Crippen LogP contribution in [0.15, 0.2) is 64.2 Å². The molecule has 0 saturated carbocycles. The molecular formula is C17H15BrN2O. The summed E-state index contributed by atoms with van der Waals surface area (Å²) in [6.07, 6.45) is 3.47. The van der Waals surface area contributed by atoms with E-state index in [4.69, 9.17) is 0 Å². The zero-order chi connectivity index (χ0) is 15.1. The molecule has 0 fully saturated rings. The van der Waals surface area contributed by atoms with Crippen molar-refractivity contribution < 1.29 is 4.79 Å². The molecule has 0 bridgehead atoms. The summed E-state index contributed by atoms with van der Waals surface area (Å²) in [6.45, 7) is 1.98. The average Bonchev–Trinajstić information content (AvgIpc) is 2.49. The lowest BCUT2D eigenvalue weighted by Crippen LogP contribution is -2.17. The second kappa shape index (κ2) is 7.55. The smallest absolute Gasteiger partial charge is 0.267 e. The fourth-order valence-electron chi connectivity index (χ4n) is 1.67. The third-order valence-electron chi connectivity index (χ3n) is 2.77. The van der Waals surface area contributed by atoms with Gasteiger partial charge in [-0.25, -0.2) is 5.43 Å². The maximum atomic E-state index is 11.8. The number of allylic oxidation sites excluding steroid dienone is 1. The topological polar surface area (TPSA) is 41.5 Å². The molecule has 0 aliphatic rings. The number of hydrazone groups is 1. The van der Waals surface area contributed by atoms with Gasteiger partial charge < -0.3 is 0 Å². The molecule has 1 N–H and O–H groups in total. The van der Waals surface area contributed by atoms with Crippen LogP contribution in [-0.2, 0) is 0 Å². The third kappa shape index (κ3) is 5.00. The van der Waals surface area contributed by atoms with Gasteiger partial charge in [-0.2, -0.15) is 5.10 Å². The van der Waals surface area contributed by atoms with Crippen molar-refractivity contribution in [2.45, 2.75) is 6.92 Å². The summed E-state index contributed by atoms with van der Waals surface area (Å²) in [6, 6.07) is 17.2. The van der Waals surface area contributed by atoms with Crippen LogP contribution in [0.25, 0.3) is 6.08 Å². The Morgan fingerprint density at radius 3 is 2.43 bits per heavy atom. The van der Waals surface area contributed by atoms with Crippen LogP contribution >= 0.6 is 15.9 Å². The monoisotopic (exact) mass is 342 g/mol. The summed E-state index contributed by atoms with van der Waals surface area (Å²) < 4.78 is 0.776. The molecule has 0 saturated heterocycles. The van der Waals surface area contributed by atoms with E-state index in [1.165, 1.54) is 0 Å². The molecule has 4 heteroatoms. The lowest BCUT2D eigenvalue weighted by Gasteiger charge is -2.00. The van der Waals surface area contributed by atoms with Gasteiger partial charge in [-0.1, -0.05) is 48.0 Å². The minimum Gasteiger partial charge on any atom is -0.267 e. The fraction of sp³-hybridized carbons (Fsp3) is 0.0588. The van der Waals surface area contributed by atoms with Gasteiger partial charge >= 0.3 is 0 Å². The lowest BCUT2D eigenvalue weighted by molar-refractivity contribution is 0.0955. The van der Waals surface area contributed by atoms with Crippen molar-refractivity contribution in [2.24, 2.45) is 5.10 Å². The molecule has 2 aromatic rings. The first kappa shape index (κ1) is 15.2. The Bertz CT molecular complexity index is 661. The van der Waals surface area contributed by atoms with Crippen molar-refractivity contribution >= 4 is 34.1 Å². The molecule has 0 atom stereocenters. The summed E-state index contributed by atoms with van der Waals surface area (Å²) in [4.78, 5) is 11.8. The molecule has 2 rings (SSSR count). The third-order valence-corrected chi connectivity index (χ3v) is 3.21. The first-order chi connectivity index (χ1) is 10.1. The van der Waals surface area contributed by atoms with E-state index >= 15 is 0 Å². The van der Waals surface area contributed by atoms with Crippen LogP contribution in [0, 0.1) is 6.92 Å². The van der Waals surface area contributed by atoms with Crippen molar-refractivity contribution in [1.82, 2.24) is 5.43 Å². The van der Waals surface area contributed by atoms with Crippen molar-refractivity contribution in [2.75, 3.05) is 0 Å². The van der Waals surface area contributed by atoms with Gasteiger partial charge in [-0.3, -0.25) is 4.79 Å². The number of carbonyl (C=O) groups excluding carboxylic acids is 1. The van der Waals surface area contributed by atoms with Gasteiger partial charge in [0, 0.05) is 10.0 Å². The molecule has 21 heavy (non-hydrogen) atoms. The maximum absolute atomic E-state index is 11.8. The fourth-order valence-corrected chi connectivity index (χ4v) is 2.03. The van der Waals surface area contributed by atoms with Gasteiger partial charge in [0.05, 0.1) is 6.21 Å². The van der Waals surface area contributed by atoms with Crippen LogP contribution in [0.4, 0.5) is 0 Å². The van der Waals surface area contributed by atoms with Gasteiger partial charge in [0.2, 0.25) is 0 Å². The number of amides is 1. The van der Waals surface area contributed by atoms with Crippen LogP contribution in [0.5, 0.6) is 0 Å². The minimum absolute atomic E-state index is 0.230. The highest BCUT2D eigenvalue weighted by molar-refractivity contribution is 9.12. The number of halogens is 1. The molecule has 106 valence electrons. The van der Waals surface area contributed by atoms with Gasteiger partial charge in [-0.05, 0) is 46.6 Å². The zero-order valence-electron chi connectivity index (χ0n) is 11.6. The van der Waals surface area contributed by atoms with E-state index in [2.05, 4.69) is 26.5 Å². The summed E-state index contributed by atoms with van der Waals surface area (Å²) in [5, 5.41) is 3.93. The van der Waals surface area contributed by atoms with Crippen molar-refractivity contribution in [3.63, 3.8) is 0 Å². The molecule has 0 radical (unpaired) electrons. The molecular weight excluding hydrogens is 328 g/mol. The number of nitrogens with zero attached hydrogens (tertiary/aromatic N) is 1. The number of hydrogen-bond donors (Lipinski definition) is 1. The molecule has 3 nitrogen and oxygen atoms in total. The molecule has 0 aliphatic carbocycles. The molecule has 0 aliphatic heterocycles. The largest absolute Gasteiger partial charge is 0.271 e. The molecule has 1 amide bonds. The summed E-state index contributed by atoms with van der Waals surface area (Å²) in [7, 11) is 0. The zero-order valence-corrected chi connectivity index (χ0v) is 13.2. The number of aryl methyl sites for hydroxylation is 1. The summed E-state index contributed by atoms with van der Waals surface area (Å²) in [5.41, 5.74) is 5.25. The van der Waals surface area contributed by atoms with E-state index in [1.54, 1.807) is 18.3 Å². The quantitative estimate of drug-likeness (QED) is 0.658. The van der Waals surface area contributed by atoms with E-state index in [0.717, 1.165) is 15.6 Å². The average molecular weight is 343 g/mol. The predicted octanol–water partition coefficient (Wildman–Crippen LogP) is 4.15. The Morgan fingerprint density at radius 2 is 1.76 bits per heavy atom. The number of hydrogen-bond acceptors (Lipinski definition) is 2. The molecule has 0 aromatic heterocycles. The van der Waals surface area contributed by atoms with Crippen LogP contribution in [0.2, 0.25) is 0 Å². The van der Waals surface area contributed by atoms with Gasteiger partial charge in [0.25, 0.3) is 5.91 Å². The summed E-state index contributed by atoms with van der Waals surface area (Å²) in [5.74, 6) is -0.230. The lowest BCUT2D eigenvalue weighted by atomic mass is 10.1. The van der Waals surface area contributed by atoms with E-state index < -0.39 is 0 Å². The molecule has 0 heterocycles. The van der Waals surface area contributed by atoms with Crippen LogP contribution < -0.4 is 5.43 Å². The Hall–Kier alpha value is -2.20. The predicted molar refractivity (Wildman–Crippen MR) is 90.5 cm³/mol. The number of benzene rings is 2. The Kier molecular flexibility index (Phi) is 5.46. The van der Waals surface area contributed by atoms with E-state index in [-0.39, 0.29) is 5.91 Å². The summed E-state index contributed by atoms with van der Waals surface area (Å²) >= 11 is 3.39. The Labute approximate surface area is 132 Å². The van der Waals surface area contributed by atoms with Gasteiger partial charge in [0.15, 0.2) is 0 Å². The van der Waals surface area contributed by atoms with Crippen LogP contribution in [0.3, 0.4) is 0 Å². The highest BCUT2D eigenvalue weighted by Gasteiger charge is 2.02. The number of carbonyl (C=O) groups is 1. The SMILES string of the molecule is Cc1ccc(C(=O)N/N=C/C(Br)=C\c2ccccc2)cc1. The van der Waals surface area contributed by atoms with Crippen LogP contribution in [-0.4, -0.2) is 12.1 Å². The van der Waals surface area contributed by atoms with Gasteiger partial charge in [0.1, 0.15) is 0 Å². The van der Waals surface area contributed by atoms with Gasteiger partial charge in [-0.15, -0.1) is 0 Å². The normalized spacial score (nSPS) is 11.6. The van der Waals surface area contributed by atoms with E-state index in [9.17, 15) is 4.79 Å². The molecule has 0 unspecified atom stereocenters. The van der Waals surface area contributed by atoms with Crippen molar-refractivity contribution in [3.8, 4) is 0 Å². The number of nitrogens with one attached hydrogen (secondary N) is 1. The second-order valence-electron chi connectivity index (χ2n) is 4.51. The van der Waals surface area contributed by atoms with Crippen molar-refractivity contribution in [3.05, 3.63) is 75.8 Å². The first-order valence-corrected chi connectivity index (χ1v) is 7.27. The maximum Gasteiger partial charge on any atom is 0.271 e. The van der Waals surface area contributed by atoms with Crippen molar-refractivity contribution in [1.29, 1.82) is 0 Å². The van der Waals surface area contributed by atoms with Crippen LogP contribution in [0.1, 0.15) is 21.5 Å². The first-order valence-electron chi connectivity index (χ1n) is 6.47. The highest BCUT2D eigenvalue weighted by atomic mass is 79.9. The highest BCUT2D eigenvalue weighted by Crippen LogP contribution is 2.09. The Balaban J connectivity index is 1.94. The van der Waals surface area contributed by atoms with E-state index in [1.807, 2.05) is 55.5 Å². The molecule has 2 aromatic carbocycles. The second-order valence-corrected chi connectivity index (χ2v) is 5.42. The molecule has 0 spiro atoms. The Morgan fingerprint density at radius 1 is 1.10 bits per heavy atom. The minimum atomic E-state index is -0.230.